The molecule has 0 amide bonds. The molecule has 0 fully saturated rings. The molecule has 0 aliphatic heterocycles. The zero-order valence-electron chi connectivity index (χ0n) is 9.22. The summed E-state index contributed by atoms with van der Waals surface area (Å²) in [5.41, 5.74) is 2.73. The van der Waals surface area contributed by atoms with E-state index in [1.807, 2.05) is 0 Å². The highest BCUT2D eigenvalue weighted by Crippen LogP contribution is 2.46. The van der Waals surface area contributed by atoms with Crippen molar-refractivity contribution in [1.82, 2.24) is 0 Å². The first-order chi connectivity index (χ1) is 7.75. The van der Waals surface area contributed by atoms with Gasteiger partial charge in [0.25, 0.3) is 0 Å². The summed E-state index contributed by atoms with van der Waals surface area (Å²) in [6.07, 6.45) is 5.39. The number of carbonyl (C=O) groups excluding carboxylic acids is 1. The van der Waals surface area contributed by atoms with Crippen LogP contribution in [0.4, 0.5) is 0 Å². The van der Waals surface area contributed by atoms with Crippen molar-refractivity contribution in [3.8, 4) is 0 Å². The van der Waals surface area contributed by atoms with E-state index in [1.54, 1.807) is 0 Å². The molecule has 0 aromatic heterocycles. The Balaban J connectivity index is 1.99. The van der Waals surface area contributed by atoms with Gasteiger partial charge < -0.3 is 4.74 Å². The summed E-state index contributed by atoms with van der Waals surface area (Å²) in [5.74, 6) is 0.499. The molecule has 3 aliphatic rings. The maximum Gasteiger partial charge on any atom is 0.302 e. The molecule has 3 atom stereocenters. The van der Waals surface area contributed by atoms with E-state index in [4.69, 9.17) is 4.74 Å². The minimum Gasteiger partial charge on any atom is -0.462 e. The molecule has 1 aromatic carbocycles. The van der Waals surface area contributed by atoms with Crippen molar-refractivity contribution in [2.45, 2.75) is 31.3 Å². The molecule has 4 rings (SSSR count). The van der Waals surface area contributed by atoms with Crippen LogP contribution in [-0.4, -0.2) is 12.1 Å². The van der Waals surface area contributed by atoms with Gasteiger partial charge in [-0.2, -0.15) is 0 Å². The van der Waals surface area contributed by atoms with Crippen molar-refractivity contribution < 1.29 is 9.53 Å². The average Bonchev–Trinajstić information content (AvgIpc) is 2.29. The fourth-order valence-electron chi connectivity index (χ4n) is 2.87. The first-order valence-corrected chi connectivity index (χ1v) is 5.70. The third-order valence-corrected chi connectivity index (χ3v) is 3.51. The maximum absolute atomic E-state index is 11.1. The lowest BCUT2D eigenvalue weighted by Crippen LogP contribution is -2.33. The van der Waals surface area contributed by atoms with Gasteiger partial charge in [0.05, 0.1) is 0 Å². The fourth-order valence-corrected chi connectivity index (χ4v) is 2.87. The van der Waals surface area contributed by atoms with E-state index in [0.29, 0.717) is 5.92 Å². The van der Waals surface area contributed by atoms with E-state index in [1.165, 1.54) is 18.1 Å². The molecule has 16 heavy (non-hydrogen) atoms. The predicted molar refractivity (Wildman–Crippen MR) is 61.2 cm³/mol. The maximum atomic E-state index is 11.1. The summed E-state index contributed by atoms with van der Waals surface area (Å²) in [7, 11) is 0. The third-order valence-electron chi connectivity index (χ3n) is 3.51. The van der Waals surface area contributed by atoms with E-state index >= 15 is 0 Å². The Morgan fingerprint density at radius 3 is 2.75 bits per heavy atom. The number of carbonyl (C=O) groups is 1. The smallest absolute Gasteiger partial charge is 0.302 e. The van der Waals surface area contributed by atoms with Gasteiger partial charge >= 0.3 is 5.97 Å². The van der Waals surface area contributed by atoms with Crippen molar-refractivity contribution in [3.63, 3.8) is 0 Å². The van der Waals surface area contributed by atoms with E-state index in [-0.39, 0.29) is 18.0 Å². The highest BCUT2D eigenvalue weighted by atomic mass is 16.5. The zero-order valence-corrected chi connectivity index (χ0v) is 9.22. The molecular formula is C14H14O2. The van der Waals surface area contributed by atoms with Crippen LogP contribution in [0.15, 0.2) is 36.4 Å². The Hall–Kier alpha value is -1.57. The topological polar surface area (TPSA) is 26.3 Å². The van der Waals surface area contributed by atoms with Gasteiger partial charge in [0, 0.05) is 18.8 Å². The predicted octanol–water partition coefficient (Wildman–Crippen LogP) is 2.76. The molecule has 0 heterocycles. The second kappa shape index (κ2) is 3.48. The first-order valence-electron chi connectivity index (χ1n) is 5.70. The molecule has 0 spiro atoms. The molecule has 0 saturated heterocycles. The summed E-state index contributed by atoms with van der Waals surface area (Å²) in [4.78, 5) is 11.1. The summed E-state index contributed by atoms with van der Waals surface area (Å²) >= 11 is 0. The quantitative estimate of drug-likeness (QED) is 0.530. The standard InChI is InChI=1S/C14H14O2/c1-9(15)16-14-8-10-6-7-13(14)12-5-3-2-4-11(10)12/h2-7,10,13-14H,8H2,1H3/t10-,13-,14+/m1/s1. The van der Waals surface area contributed by atoms with Crippen molar-refractivity contribution in [3.05, 3.63) is 47.5 Å². The molecule has 2 bridgehead atoms. The number of allylic oxidation sites excluding steroid dienone is 1. The van der Waals surface area contributed by atoms with Gasteiger partial charge in [-0.1, -0.05) is 36.4 Å². The Morgan fingerprint density at radius 2 is 2.00 bits per heavy atom. The Labute approximate surface area is 94.9 Å². The molecular weight excluding hydrogens is 200 g/mol. The van der Waals surface area contributed by atoms with Crippen molar-refractivity contribution in [2.24, 2.45) is 0 Å². The number of hydrogen-bond donors (Lipinski definition) is 0. The fraction of sp³-hybridized carbons (Fsp3) is 0.357. The molecule has 0 unspecified atom stereocenters. The highest BCUT2D eigenvalue weighted by molar-refractivity contribution is 5.66. The van der Waals surface area contributed by atoms with Crippen molar-refractivity contribution >= 4 is 5.97 Å². The molecule has 1 aromatic rings. The van der Waals surface area contributed by atoms with Gasteiger partial charge in [0.2, 0.25) is 0 Å². The van der Waals surface area contributed by atoms with Gasteiger partial charge in [-0.25, -0.2) is 0 Å². The van der Waals surface area contributed by atoms with Crippen LogP contribution in [-0.2, 0) is 9.53 Å². The summed E-state index contributed by atoms with van der Waals surface area (Å²) in [5, 5.41) is 0. The number of fused-ring (bicyclic) bond motifs is 1. The summed E-state index contributed by atoms with van der Waals surface area (Å²) in [6, 6.07) is 8.46. The molecule has 0 N–H and O–H groups in total. The van der Waals surface area contributed by atoms with Crippen LogP contribution in [0.2, 0.25) is 0 Å². The number of rotatable bonds is 1. The van der Waals surface area contributed by atoms with Gasteiger partial charge in [-0.3, -0.25) is 4.79 Å². The number of ether oxygens (including phenoxy) is 1. The second-order valence-electron chi connectivity index (χ2n) is 4.53. The van der Waals surface area contributed by atoms with Crippen LogP contribution >= 0.6 is 0 Å². The van der Waals surface area contributed by atoms with E-state index in [0.717, 1.165) is 6.42 Å². The lowest BCUT2D eigenvalue weighted by Gasteiger charge is -2.39. The van der Waals surface area contributed by atoms with Crippen LogP contribution in [0.3, 0.4) is 0 Å². The Morgan fingerprint density at radius 1 is 1.25 bits per heavy atom. The summed E-state index contributed by atoms with van der Waals surface area (Å²) < 4.78 is 5.39. The van der Waals surface area contributed by atoms with Crippen LogP contribution in [0.5, 0.6) is 0 Å². The number of benzene rings is 1. The number of hydrogen-bond acceptors (Lipinski definition) is 2. The molecule has 3 aliphatic carbocycles. The number of esters is 1. The largest absolute Gasteiger partial charge is 0.462 e. The van der Waals surface area contributed by atoms with E-state index in [9.17, 15) is 4.79 Å². The highest BCUT2D eigenvalue weighted by Gasteiger charge is 2.37. The Kier molecular flexibility index (Phi) is 2.10. The second-order valence-corrected chi connectivity index (χ2v) is 4.53. The monoisotopic (exact) mass is 214 g/mol. The third kappa shape index (κ3) is 1.37. The van der Waals surface area contributed by atoms with Gasteiger partial charge in [0.15, 0.2) is 0 Å². The van der Waals surface area contributed by atoms with Crippen LogP contribution in [0, 0.1) is 0 Å². The average molecular weight is 214 g/mol. The minimum absolute atomic E-state index is 0.0300. The lowest BCUT2D eigenvalue weighted by atomic mass is 9.70. The summed E-state index contributed by atoms with van der Waals surface area (Å²) in [6.45, 7) is 1.48. The lowest BCUT2D eigenvalue weighted by molar-refractivity contribution is -0.147. The molecule has 2 heteroatoms. The van der Waals surface area contributed by atoms with Gasteiger partial charge in [-0.15, -0.1) is 0 Å². The van der Waals surface area contributed by atoms with Gasteiger partial charge in [0.1, 0.15) is 6.10 Å². The van der Waals surface area contributed by atoms with Crippen LogP contribution in [0.25, 0.3) is 0 Å². The van der Waals surface area contributed by atoms with E-state index < -0.39 is 0 Å². The molecule has 82 valence electrons. The van der Waals surface area contributed by atoms with E-state index in [2.05, 4.69) is 36.4 Å². The zero-order chi connectivity index (χ0) is 11.1. The molecule has 0 radical (unpaired) electrons. The Bertz CT molecular complexity index is 462. The van der Waals surface area contributed by atoms with Gasteiger partial charge in [-0.05, 0) is 17.5 Å². The normalized spacial score (nSPS) is 29.9. The SMILES string of the molecule is CC(=O)O[C@H]1C[C@H]2C=C[C@@H]1c1ccccc12. The minimum atomic E-state index is -0.177. The van der Waals surface area contributed by atoms with Crippen molar-refractivity contribution in [1.29, 1.82) is 0 Å². The van der Waals surface area contributed by atoms with Crippen molar-refractivity contribution in [2.75, 3.05) is 0 Å². The first kappa shape index (κ1) is 9.64. The molecule has 0 saturated carbocycles. The van der Waals surface area contributed by atoms with Crippen LogP contribution < -0.4 is 0 Å². The van der Waals surface area contributed by atoms with Crippen LogP contribution in [0.1, 0.15) is 36.3 Å². The molecule has 2 nitrogen and oxygen atoms in total.